The summed E-state index contributed by atoms with van der Waals surface area (Å²) in [4.78, 5) is 6.26. The van der Waals surface area contributed by atoms with Gasteiger partial charge < -0.3 is 13.6 Å². The molecule has 0 heterocycles. The van der Waals surface area contributed by atoms with E-state index >= 15 is 0 Å². The molecule has 9 heteroatoms. The van der Waals surface area contributed by atoms with Gasteiger partial charge in [0.25, 0.3) is 8.60 Å². The van der Waals surface area contributed by atoms with Crippen molar-refractivity contribution in [3.8, 4) is 50.6 Å². The Bertz CT molecular complexity index is 1860. The van der Waals surface area contributed by atoms with E-state index in [0.29, 0.717) is 26.7 Å². The van der Waals surface area contributed by atoms with E-state index in [0.717, 1.165) is 52.0 Å². The fraction of sp³-hybridized carbons (Fsp3) is 0.100. The van der Waals surface area contributed by atoms with Crippen LogP contribution in [0.3, 0.4) is 0 Å². The summed E-state index contributed by atoms with van der Waals surface area (Å²) in [6.45, 7) is 2.65. The predicted octanol–water partition coefficient (Wildman–Crippen LogP) is 13.0. The largest absolute Gasteiger partial charge is 0.458 e. The first-order valence-electron chi connectivity index (χ1n) is 16.1. The fourth-order valence-electron chi connectivity index (χ4n) is 4.80. The van der Waals surface area contributed by atoms with Crippen molar-refractivity contribution in [2.45, 2.75) is 19.8 Å². The molecule has 0 bridgehead atoms. The molecule has 0 radical (unpaired) electrons. The zero-order valence-corrected chi connectivity index (χ0v) is 29.9. The van der Waals surface area contributed by atoms with Crippen molar-refractivity contribution in [1.82, 2.24) is 4.60 Å². The summed E-state index contributed by atoms with van der Waals surface area (Å²) in [7, 11) is -1.48. The highest BCUT2D eigenvalue weighted by molar-refractivity contribution is 7.60. The van der Waals surface area contributed by atoms with Gasteiger partial charge in [-0.3, -0.25) is 4.84 Å². The minimum absolute atomic E-state index is 0.196. The normalized spacial score (nSPS) is 12.0. The summed E-state index contributed by atoms with van der Waals surface area (Å²) in [5.74, 6) is 2.12. The van der Waals surface area contributed by atoms with Gasteiger partial charge in [0, 0.05) is 0 Å². The van der Waals surface area contributed by atoms with Crippen molar-refractivity contribution in [3.63, 3.8) is 0 Å². The molecule has 0 N–H and O–H groups in total. The molecule has 6 aromatic rings. The Morgan fingerprint density at radius 2 is 0.980 bits per heavy atom. The molecule has 0 saturated heterocycles. The molecule has 0 fully saturated rings. The summed E-state index contributed by atoms with van der Waals surface area (Å²) >= 11 is 0. The van der Waals surface area contributed by atoms with E-state index in [-0.39, 0.29) is 8.96 Å². The molecule has 0 aliphatic rings. The molecule has 0 saturated carbocycles. The molecule has 49 heavy (non-hydrogen) atoms. The van der Waals surface area contributed by atoms with Crippen molar-refractivity contribution >= 4 is 26.0 Å². The lowest BCUT2D eigenvalue weighted by atomic mass is 10.1. The quantitative estimate of drug-likeness (QED) is 0.0571. The van der Waals surface area contributed by atoms with Crippen LogP contribution in [0, 0.1) is 0 Å². The lowest BCUT2D eigenvalue weighted by Crippen LogP contribution is -2.13. The van der Waals surface area contributed by atoms with Crippen LogP contribution in [0.4, 0.5) is 0 Å². The van der Waals surface area contributed by atoms with Crippen molar-refractivity contribution in [2.75, 3.05) is 6.61 Å². The highest BCUT2D eigenvalue weighted by Gasteiger charge is 2.25. The average molecular weight is 703 g/mol. The standard InChI is InChI=1S/C40H37N2O4P3/c1-2-3-31-43-42(48-45-39-27-21-36(22-28-39)33-15-9-5-10-16-33)49(46-40-29-23-37(24-30-40)34-17-11-6-12-18-34)41-47-44-38-25-19-35(20-26-38)32-13-7-4-8-14-32/h4-30,48H,2-3,31H2,1H3. The van der Waals surface area contributed by atoms with Gasteiger partial charge in [-0.05, 0) is 76.2 Å². The minimum Gasteiger partial charge on any atom is -0.458 e. The Kier molecular flexibility index (Phi) is 12.9. The second kappa shape index (κ2) is 18.4. The summed E-state index contributed by atoms with van der Waals surface area (Å²) in [6.07, 6.45) is 1.89. The number of nitrogens with zero attached hydrogens (tertiary/aromatic N) is 2. The SMILES string of the molecule is CCCCON(POc1ccc(-c2ccccc2)cc1)P(N=POc1ccc(-c2ccccc2)cc1)Oc1ccc(-c2ccccc2)cc1. The maximum Gasteiger partial charge on any atom is 0.337 e. The van der Waals surface area contributed by atoms with E-state index in [9.17, 15) is 0 Å². The van der Waals surface area contributed by atoms with Crippen LogP contribution in [0.1, 0.15) is 19.8 Å². The third-order valence-corrected chi connectivity index (χ3v) is 10.8. The minimum atomic E-state index is -1.67. The summed E-state index contributed by atoms with van der Waals surface area (Å²) in [6, 6.07) is 54.9. The van der Waals surface area contributed by atoms with Crippen LogP contribution < -0.4 is 13.6 Å². The number of hydrogen-bond acceptors (Lipinski definition) is 6. The molecule has 6 nitrogen and oxygen atoms in total. The van der Waals surface area contributed by atoms with Crippen molar-refractivity contribution < 1.29 is 18.4 Å². The van der Waals surface area contributed by atoms with Crippen LogP contribution in [-0.4, -0.2) is 11.2 Å². The van der Waals surface area contributed by atoms with Crippen LogP contribution in [0.2, 0.25) is 0 Å². The fourth-order valence-corrected chi connectivity index (χ4v) is 7.77. The second-order valence-corrected chi connectivity index (χ2v) is 14.2. The molecule has 6 aromatic carbocycles. The van der Waals surface area contributed by atoms with Gasteiger partial charge >= 0.3 is 8.45 Å². The van der Waals surface area contributed by atoms with Gasteiger partial charge in [0.2, 0.25) is 0 Å². The van der Waals surface area contributed by atoms with E-state index in [2.05, 4.69) is 67.6 Å². The summed E-state index contributed by atoms with van der Waals surface area (Å²) in [5.41, 5.74) is 6.81. The first kappa shape index (κ1) is 34.5. The van der Waals surface area contributed by atoms with Gasteiger partial charge in [-0.15, -0.1) is 4.52 Å². The highest BCUT2D eigenvalue weighted by Crippen LogP contribution is 2.52. The molecule has 0 aliphatic carbocycles. The van der Waals surface area contributed by atoms with Crippen molar-refractivity contribution in [1.29, 1.82) is 0 Å². The van der Waals surface area contributed by atoms with Gasteiger partial charge in [-0.25, -0.2) is 0 Å². The number of unbranched alkanes of at least 4 members (excludes halogenated alkanes) is 1. The predicted molar refractivity (Wildman–Crippen MR) is 205 cm³/mol. The molecule has 6 rings (SSSR count). The van der Waals surface area contributed by atoms with Gasteiger partial charge in [-0.2, -0.15) is 0 Å². The van der Waals surface area contributed by atoms with Crippen LogP contribution in [-0.2, 0) is 4.84 Å². The molecule has 246 valence electrons. The van der Waals surface area contributed by atoms with E-state index in [4.69, 9.17) is 22.9 Å². The Morgan fingerprint density at radius 1 is 0.551 bits per heavy atom. The molecule has 2 unspecified atom stereocenters. The molecular formula is C40H37N2O4P3. The van der Waals surface area contributed by atoms with E-state index in [1.54, 1.807) is 4.60 Å². The third kappa shape index (κ3) is 10.3. The maximum atomic E-state index is 6.52. The molecular weight excluding hydrogens is 665 g/mol. The first-order chi connectivity index (χ1) is 24.2. The molecule has 0 amide bonds. The molecule has 2 atom stereocenters. The van der Waals surface area contributed by atoms with Crippen LogP contribution >= 0.6 is 26.0 Å². The van der Waals surface area contributed by atoms with E-state index < -0.39 is 8.45 Å². The van der Waals surface area contributed by atoms with E-state index in [1.165, 1.54) is 0 Å². The number of rotatable bonds is 16. The maximum absolute atomic E-state index is 6.52. The third-order valence-electron chi connectivity index (χ3n) is 7.44. The Labute approximate surface area is 293 Å². The second-order valence-electron chi connectivity index (χ2n) is 10.9. The van der Waals surface area contributed by atoms with Crippen LogP contribution in [0.5, 0.6) is 17.2 Å². The van der Waals surface area contributed by atoms with Crippen molar-refractivity contribution in [3.05, 3.63) is 164 Å². The first-order valence-corrected chi connectivity index (χ1v) is 18.9. The van der Waals surface area contributed by atoms with Gasteiger partial charge in [0.1, 0.15) is 17.2 Å². The molecule has 0 aromatic heterocycles. The van der Waals surface area contributed by atoms with Gasteiger partial charge in [0.05, 0.1) is 6.61 Å². The Hall–Kier alpha value is -4.40. The van der Waals surface area contributed by atoms with Crippen LogP contribution in [0.25, 0.3) is 33.4 Å². The number of hydrogen-bond donors (Lipinski definition) is 0. The van der Waals surface area contributed by atoms with Crippen molar-refractivity contribution in [2.24, 2.45) is 4.52 Å². The Balaban J connectivity index is 1.19. The smallest absolute Gasteiger partial charge is 0.337 e. The van der Waals surface area contributed by atoms with Gasteiger partial charge in [-0.1, -0.05) is 145 Å². The zero-order chi connectivity index (χ0) is 33.5. The topological polar surface area (TPSA) is 52.5 Å². The lowest BCUT2D eigenvalue weighted by molar-refractivity contribution is -0.0180. The Morgan fingerprint density at radius 3 is 1.45 bits per heavy atom. The molecule has 0 spiro atoms. The van der Waals surface area contributed by atoms with E-state index in [1.807, 2.05) is 103 Å². The summed E-state index contributed by atoms with van der Waals surface area (Å²) in [5, 5.41) is 0. The number of benzene rings is 6. The zero-order valence-electron chi connectivity index (χ0n) is 27.1. The molecule has 0 aliphatic heterocycles. The van der Waals surface area contributed by atoms with Gasteiger partial charge in [0.15, 0.2) is 8.96 Å². The summed E-state index contributed by atoms with van der Waals surface area (Å²) < 4.78 is 25.4. The van der Waals surface area contributed by atoms with Crippen LogP contribution in [0.15, 0.2) is 168 Å². The monoisotopic (exact) mass is 702 g/mol. The lowest BCUT2D eigenvalue weighted by Gasteiger charge is -2.25. The highest BCUT2D eigenvalue weighted by atomic mass is 31.2. The average Bonchev–Trinajstić information content (AvgIpc) is 3.18.